The van der Waals surface area contributed by atoms with E-state index >= 15 is 0 Å². The summed E-state index contributed by atoms with van der Waals surface area (Å²) in [7, 11) is 1.32. The minimum Gasteiger partial charge on any atom is -0.491 e. The molecule has 3 unspecified atom stereocenters. The van der Waals surface area contributed by atoms with Crippen LogP contribution in [0.15, 0.2) is 23.1 Å². The third-order valence-electron chi connectivity index (χ3n) is 6.59. The van der Waals surface area contributed by atoms with Crippen LogP contribution < -0.4 is 15.0 Å². The minimum absolute atomic E-state index is 0.0401. The number of aliphatic hydroxyl groups excluding tert-OH is 1. The number of fused-ring (bicyclic) bond motifs is 1. The van der Waals surface area contributed by atoms with Gasteiger partial charge in [0.2, 0.25) is 0 Å². The fourth-order valence-corrected chi connectivity index (χ4v) is 4.64. The number of amides is 1. The van der Waals surface area contributed by atoms with E-state index in [9.17, 15) is 27.9 Å². The number of methoxy groups -OCH3 is 1. The van der Waals surface area contributed by atoms with E-state index in [0.29, 0.717) is 13.1 Å². The van der Waals surface area contributed by atoms with E-state index in [2.05, 4.69) is 19.9 Å². The number of hydrogen-bond acceptors (Lipinski definition) is 8. The number of nitrogens with one attached hydrogen (secondary N) is 1. The molecule has 1 aliphatic rings. The van der Waals surface area contributed by atoms with Crippen LogP contribution >= 0.6 is 0 Å². The van der Waals surface area contributed by atoms with Crippen molar-refractivity contribution in [2.45, 2.75) is 46.1 Å². The van der Waals surface area contributed by atoms with Crippen LogP contribution in [0.1, 0.15) is 54.3 Å². The maximum absolute atomic E-state index is 13.9. The number of piperidine rings is 1. The van der Waals surface area contributed by atoms with Crippen molar-refractivity contribution >= 4 is 16.9 Å². The van der Waals surface area contributed by atoms with Gasteiger partial charge >= 0.3 is 6.18 Å². The van der Waals surface area contributed by atoms with Crippen LogP contribution in [0.4, 0.5) is 13.2 Å². The van der Waals surface area contributed by atoms with Gasteiger partial charge in [-0.2, -0.15) is 13.2 Å². The number of aromatic nitrogens is 4. The smallest absolute Gasteiger partial charge is 0.433 e. The molecule has 4 heterocycles. The van der Waals surface area contributed by atoms with Crippen LogP contribution in [-0.2, 0) is 6.18 Å². The highest BCUT2D eigenvalue weighted by molar-refractivity contribution is 5.94. The molecule has 4 rings (SSSR count). The number of carbonyl (C=O) groups excluding carboxylic acids is 1. The normalized spacial score (nSPS) is 20.9. The van der Waals surface area contributed by atoms with E-state index in [1.807, 2.05) is 13.8 Å². The van der Waals surface area contributed by atoms with E-state index in [0.717, 1.165) is 6.07 Å². The summed E-state index contributed by atoms with van der Waals surface area (Å²) in [4.78, 5) is 41.2. The minimum atomic E-state index is -4.84. The maximum atomic E-state index is 13.9. The first-order valence-electron chi connectivity index (χ1n) is 12.0. The number of ether oxygens (including phenoxy) is 2. The van der Waals surface area contributed by atoms with E-state index in [-0.39, 0.29) is 57.4 Å². The maximum Gasteiger partial charge on any atom is 0.433 e. The second kappa shape index (κ2) is 10.2. The van der Waals surface area contributed by atoms with E-state index in [1.165, 1.54) is 33.2 Å². The monoisotopic (exact) mass is 535 g/mol. The first-order valence-corrected chi connectivity index (χ1v) is 12.0. The molecule has 1 aliphatic heterocycles. The average molecular weight is 536 g/mol. The van der Waals surface area contributed by atoms with Gasteiger partial charge < -0.3 is 24.5 Å². The second-order valence-electron chi connectivity index (χ2n) is 9.59. The molecule has 0 aromatic carbocycles. The lowest BCUT2D eigenvalue weighted by atomic mass is 9.88. The summed E-state index contributed by atoms with van der Waals surface area (Å²) in [5, 5.41) is 10.1. The molecule has 1 amide bonds. The van der Waals surface area contributed by atoms with E-state index in [1.54, 1.807) is 4.90 Å². The molecule has 0 radical (unpaired) electrons. The number of carbonyl (C=O) groups is 1. The summed E-state index contributed by atoms with van der Waals surface area (Å²) in [5.41, 5.74) is -2.39. The van der Waals surface area contributed by atoms with Crippen molar-refractivity contribution in [3.8, 4) is 11.6 Å². The third kappa shape index (κ3) is 5.28. The standard InChI is InChI=1S/C25H28F3N5O5/c1-11-9-33(10-12(2)19(11)34)24(36)15-6-18(37-5)23(29-8-15)38-13(3)16-7-17-21(30-14(4)31-22(17)35)32-20(16)25(26,27)28/h6-8,11-13,19,34H,9-10H2,1-5H3,(H,30,31,32,35). The van der Waals surface area contributed by atoms with Gasteiger partial charge in [0, 0.05) is 30.9 Å². The molecule has 0 bridgehead atoms. The average Bonchev–Trinajstić information content (AvgIpc) is 2.85. The van der Waals surface area contributed by atoms with Crippen LogP contribution in [-0.4, -0.2) is 62.2 Å². The number of aromatic amines is 1. The zero-order valence-electron chi connectivity index (χ0n) is 21.5. The second-order valence-corrected chi connectivity index (χ2v) is 9.59. The van der Waals surface area contributed by atoms with Gasteiger partial charge in [0.25, 0.3) is 17.3 Å². The molecule has 204 valence electrons. The Kier molecular flexibility index (Phi) is 7.33. The van der Waals surface area contributed by atoms with Gasteiger partial charge in [0.05, 0.1) is 24.2 Å². The quantitative estimate of drug-likeness (QED) is 0.509. The molecule has 13 heteroatoms. The Balaban J connectivity index is 1.65. The fourth-order valence-electron chi connectivity index (χ4n) is 4.64. The van der Waals surface area contributed by atoms with Crippen LogP contribution in [0.2, 0.25) is 0 Å². The van der Waals surface area contributed by atoms with Gasteiger partial charge in [-0.15, -0.1) is 0 Å². The van der Waals surface area contributed by atoms with Crippen molar-refractivity contribution in [3.63, 3.8) is 0 Å². The largest absolute Gasteiger partial charge is 0.491 e. The summed E-state index contributed by atoms with van der Waals surface area (Å²) in [6.07, 6.45) is -5.35. The van der Waals surface area contributed by atoms with Crippen LogP contribution in [0, 0.1) is 18.8 Å². The molecule has 0 saturated carbocycles. The Morgan fingerprint density at radius 1 is 1.21 bits per heavy atom. The molecule has 3 atom stereocenters. The molecule has 1 saturated heterocycles. The number of hydrogen-bond donors (Lipinski definition) is 2. The predicted octanol–water partition coefficient (Wildman–Crippen LogP) is 3.28. The molecule has 2 N–H and O–H groups in total. The molecule has 3 aromatic heterocycles. The summed E-state index contributed by atoms with van der Waals surface area (Å²) in [6, 6.07) is 2.46. The molecular formula is C25H28F3N5O5. The Morgan fingerprint density at radius 3 is 2.47 bits per heavy atom. The van der Waals surface area contributed by atoms with Gasteiger partial charge in [0.1, 0.15) is 11.9 Å². The van der Waals surface area contributed by atoms with Gasteiger partial charge in [-0.05, 0) is 31.7 Å². The van der Waals surface area contributed by atoms with Crippen molar-refractivity contribution in [1.29, 1.82) is 0 Å². The number of nitrogens with zero attached hydrogens (tertiary/aromatic N) is 4. The highest BCUT2D eigenvalue weighted by atomic mass is 19.4. The van der Waals surface area contributed by atoms with Crippen LogP contribution in [0.25, 0.3) is 11.0 Å². The Morgan fingerprint density at radius 2 is 1.87 bits per heavy atom. The number of aliphatic hydroxyl groups is 1. The van der Waals surface area contributed by atoms with Gasteiger partial charge in [0.15, 0.2) is 17.1 Å². The lowest BCUT2D eigenvalue weighted by molar-refractivity contribution is -0.142. The number of aryl methyl sites for hydroxylation is 1. The summed E-state index contributed by atoms with van der Waals surface area (Å²) in [6.45, 7) is 7.25. The van der Waals surface area contributed by atoms with Crippen LogP contribution in [0.3, 0.4) is 0 Å². The van der Waals surface area contributed by atoms with E-state index in [4.69, 9.17) is 9.47 Å². The number of rotatable bonds is 5. The number of pyridine rings is 2. The van der Waals surface area contributed by atoms with E-state index < -0.39 is 29.6 Å². The number of halogens is 3. The predicted molar refractivity (Wildman–Crippen MR) is 130 cm³/mol. The molecule has 3 aromatic rings. The lowest BCUT2D eigenvalue weighted by Gasteiger charge is -2.38. The van der Waals surface area contributed by atoms with Crippen molar-refractivity contribution < 1.29 is 32.5 Å². The molecule has 10 nitrogen and oxygen atoms in total. The Bertz CT molecular complexity index is 1410. The van der Waals surface area contributed by atoms with Crippen molar-refractivity contribution in [2.24, 2.45) is 11.8 Å². The topological polar surface area (TPSA) is 131 Å². The van der Waals surface area contributed by atoms with Gasteiger partial charge in [-0.25, -0.2) is 15.0 Å². The first-order chi connectivity index (χ1) is 17.8. The molecule has 0 aliphatic carbocycles. The first kappa shape index (κ1) is 27.3. The highest BCUT2D eigenvalue weighted by Crippen LogP contribution is 2.37. The number of alkyl halides is 3. The lowest BCUT2D eigenvalue weighted by Crippen LogP contribution is -2.49. The molecule has 1 fully saturated rings. The zero-order chi connectivity index (χ0) is 27.9. The Labute approximate surface area is 215 Å². The summed E-state index contributed by atoms with van der Waals surface area (Å²) < 4.78 is 52.7. The number of likely N-dealkylation sites (tertiary alicyclic amines) is 1. The summed E-state index contributed by atoms with van der Waals surface area (Å²) in [5.74, 6) is -0.499. The van der Waals surface area contributed by atoms with Crippen molar-refractivity contribution in [3.05, 3.63) is 51.3 Å². The molecule has 0 spiro atoms. The summed E-state index contributed by atoms with van der Waals surface area (Å²) >= 11 is 0. The Hall–Kier alpha value is -3.74. The SMILES string of the molecule is COc1cc(C(=O)N2CC(C)C(O)C(C)C2)cnc1OC(C)c1cc2c(=O)[nH]c(C)nc2nc1C(F)(F)F. The molecule has 38 heavy (non-hydrogen) atoms. The fraction of sp³-hybridized carbons (Fsp3) is 0.480. The molecular weight excluding hydrogens is 507 g/mol. The van der Waals surface area contributed by atoms with Gasteiger partial charge in [-0.1, -0.05) is 13.8 Å². The van der Waals surface area contributed by atoms with Crippen LogP contribution in [0.5, 0.6) is 11.6 Å². The zero-order valence-corrected chi connectivity index (χ0v) is 21.5. The number of H-pyrrole nitrogens is 1. The third-order valence-corrected chi connectivity index (χ3v) is 6.59. The van der Waals surface area contributed by atoms with Crippen molar-refractivity contribution in [1.82, 2.24) is 24.8 Å². The highest BCUT2D eigenvalue weighted by Gasteiger charge is 2.38. The van der Waals surface area contributed by atoms with Crippen molar-refractivity contribution in [2.75, 3.05) is 20.2 Å². The van der Waals surface area contributed by atoms with Gasteiger partial charge in [-0.3, -0.25) is 9.59 Å².